The lowest BCUT2D eigenvalue weighted by molar-refractivity contribution is -0.133. The summed E-state index contributed by atoms with van der Waals surface area (Å²) in [6.45, 7) is 7.46. The third kappa shape index (κ3) is 4.93. The van der Waals surface area contributed by atoms with Gasteiger partial charge in [-0.3, -0.25) is 9.59 Å². The van der Waals surface area contributed by atoms with Gasteiger partial charge in [0.25, 0.3) is 0 Å². The highest BCUT2D eigenvalue weighted by Gasteiger charge is 2.41. The van der Waals surface area contributed by atoms with Crippen molar-refractivity contribution >= 4 is 11.8 Å². The second-order valence-corrected chi connectivity index (χ2v) is 7.36. The van der Waals surface area contributed by atoms with Crippen LogP contribution in [0, 0.1) is 11.8 Å². The number of nitrogens with one attached hydrogen (secondary N) is 1. The van der Waals surface area contributed by atoms with Crippen molar-refractivity contribution in [3.05, 3.63) is 23.8 Å². The first kappa shape index (κ1) is 21.1. The zero-order chi connectivity index (χ0) is 20.0. The molecule has 1 saturated heterocycles. The predicted octanol–water partition coefficient (Wildman–Crippen LogP) is 2.82. The molecule has 0 radical (unpaired) electrons. The molecular formula is C21H32N2O4. The van der Waals surface area contributed by atoms with Gasteiger partial charge in [-0.2, -0.15) is 0 Å². The van der Waals surface area contributed by atoms with Gasteiger partial charge in [0.2, 0.25) is 11.8 Å². The molecule has 1 aromatic rings. The van der Waals surface area contributed by atoms with Gasteiger partial charge in [0.15, 0.2) is 0 Å². The van der Waals surface area contributed by atoms with Gasteiger partial charge < -0.3 is 19.7 Å². The number of rotatable bonds is 8. The molecule has 0 aromatic heterocycles. The first-order chi connectivity index (χ1) is 12.9. The van der Waals surface area contributed by atoms with Gasteiger partial charge in [-0.25, -0.2) is 0 Å². The third-order valence-electron chi connectivity index (χ3n) is 5.13. The average molecular weight is 376 g/mol. The number of likely N-dealkylation sites (tertiary alicyclic amines) is 1. The molecule has 1 aromatic carbocycles. The normalized spacial score (nSPS) is 19.3. The number of amides is 2. The Kier molecular flexibility index (Phi) is 7.51. The van der Waals surface area contributed by atoms with Crippen molar-refractivity contribution in [2.75, 3.05) is 33.9 Å². The molecule has 1 aliphatic heterocycles. The van der Waals surface area contributed by atoms with Crippen LogP contribution in [0.15, 0.2) is 18.2 Å². The Bertz CT molecular complexity index is 660. The lowest BCUT2D eigenvalue weighted by atomic mass is 9.87. The van der Waals surface area contributed by atoms with Crippen LogP contribution in [0.3, 0.4) is 0 Å². The fourth-order valence-corrected chi connectivity index (χ4v) is 3.58. The van der Waals surface area contributed by atoms with E-state index in [4.69, 9.17) is 9.47 Å². The first-order valence-corrected chi connectivity index (χ1v) is 9.71. The minimum atomic E-state index is -0.300. The van der Waals surface area contributed by atoms with Crippen molar-refractivity contribution < 1.29 is 19.1 Å². The van der Waals surface area contributed by atoms with Gasteiger partial charge in [-0.1, -0.05) is 27.2 Å². The van der Waals surface area contributed by atoms with Crippen LogP contribution in [0.1, 0.15) is 45.1 Å². The molecule has 27 heavy (non-hydrogen) atoms. The lowest BCUT2D eigenvalue weighted by Crippen LogP contribution is -2.37. The summed E-state index contributed by atoms with van der Waals surface area (Å²) in [5.41, 5.74) is 0.909. The molecule has 0 bridgehead atoms. The predicted molar refractivity (Wildman–Crippen MR) is 105 cm³/mol. The molecule has 1 N–H and O–H groups in total. The molecule has 0 aliphatic carbocycles. The Hall–Kier alpha value is -2.24. The molecule has 2 rings (SSSR count). The van der Waals surface area contributed by atoms with E-state index in [1.807, 2.05) is 32.0 Å². The third-order valence-corrected chi connectivity index (χ3v) is 5.13. The number of hydrogen-bond donors (Lipinski definition) is 1. The van der Waals surface area contributed by atoms with Crippen molar-refractivity contribution in [3.8, 4) is 11.5 Å². The van der Waals surface area contributed by atoms with Crippen molar-refractivity contribution in [2.24, 2.45) is 11.8 Å². The van der Waals surface area contributed by atoms with E-state index in [1.165, 1.54) is 0 Å². The molecule has 150 valence electrons. The maximum Gasteiger partial charge on any atom is 0.225 e. The smallest absolute Gasteiger partial charge is 0.225 e. The summed E-state index contributed by atoms with van der Waals surface area (Å²) in [6, 6.07) is 5.61. The summed E-state index contributed by atoms with van der Waals surface area (Å²) in [6.07, 6.45) is 1.97. The highest BCUT2D eigenvalue weighted by atomic mass is 16.5. The number of carbonyl (C=O) groups excluding carboxylic acids is 2. The largest absolute Gasteiger partial charge is 0.497 e. The zero-order valence-corrected chi connectivity index (χ0v) is 17.1. The molecule has 1 aliphatic rings. The second kappa shape index (κ2) is 9.62. The number of methoxy groups -OCH3 is 2. The molecule has 2 amide bonds. The van der Waals surface area contributed by atoms with Crippen LogP contribution >= 0.6 is 0 Å². The Labute approximate surface area is 162 Å². The van der Waals surface area contributed by atoms with Crippen molar-refractivity contribution in [1.29, 1.82) is 0 Å². The van der Waals surface area contributed by atoms with E-state index in [-0.39, 0.29) is 29.6 Å². The lowest BCUT2D eigenvalue weighted by Gasteiger charge is -2.21. The topological polar surface area (TPSA) is 67.9 Å². The molecular weight excluding hydrogens is 344 g/mol. The molecule has 2 atom stereocenters. The van der Waals surface area contributed by atoms with Crippen molar-refractivity contribution in [3.63, 3.8) is 0 Å². The van der Waals surface area contributed by atoms with Crippen LogP contribution < -0.4 is 14.8 Å². The summed E-state index contributed by atoms with van der Waals surface area (Å²) in [5, 5.41) is 3.03. The molecule has 1 heterocycles. The van der Waals surface area contributed by atoms with Crippen molar-refractivity contribution in [2.45, 2.75) is 39.5 Å². The maximum atomic E-state index is 12.9. The molecule has 0 spiro atoms. The number of ether oxygens (including phenoxy) is 2. The van der Waals surface area contributed by atoms with Crippen LogP contribution in [0.5, 0.6) is 11.5 Å². The van der Waals surface area contributed by atoms with Crippen LogP contribution in [-0.4, -0.2) is 50.6 Å². The minimum absolute atomic E-state index is 0.00243. The van der Waals surface area contributed by atoms with Gasteiger partial charge in [-0.05, 0) is 24.6 Å². The summed E-state index contributed by atoms with van der Waals surface area (Å²) < 4.78 is 10.9. The molecule has 6 heteroatoms. The molecule has 0 saturated carbocycles. The molecule has 6 nitrogen and oxygen atoms in total. The fraction of sp³-hybridized carbons (Fsp3) is 0.619. The number of unbranched alkanes of at least 4 members (excludes halogenated alkanes) is 1. The summed E-state index contributed by atoms with van der Waals surface area (Å²) in [5.74, 6) is 0.975. The number of nitrogens with zero attached hydrogens (tertiary/aromatic N) is 1. The van der Waals surface area contributed by atoms with E-state index < -0.39 is 0 Å². The summed E-state index contributed by atoms with van der Waals surface area (Å²) in [7, 11) is 3.23. The molecule has 2 unspecified atom stereocenters. The number of benzene rings is 1. The Balaban J connectivity index is 2.34. The highest BCUT2D eigenvalue weighted by molar-refractivity contribution is 5.84. The van der Waals surface area contributed by atoms with Gasteiger partial charge in [0.1, 0.15) is 11.5 Å². The Morgan fingerprint density at radius 2 is 1.96 bits per heavy atom. The number of hydrogen-bond acceptors (Lipinski definition) is 4. The van der Waals surface area contributed by atoms with E-state index in [9.17, 15) is 9.59 Å². The van der Waals surface area contributed by atoms with E-state index >= 15 is 0 Å². The average Bonchev–Trinajstić information content (AvgIpc) is 3.12. The van der Waals surface area contributed by atoms with Gasteiger partial charge in [-0.15, -0.1) is 0 Å². The van der Waals surface area contributed by atoms with Gasteiger partial charge in [0, 0.05) is 37.0 Å². The van der Waals surface area contributed by atoms with Crippen LogP contribution in [0.25, 0.3) is 0 Å². The quantitative estimate of drug-likeness (QED) is 0.709. The standard InChI is InChI=1S/C21H32N2O4/c1-6-7-10-22-20(24)18-13-23(21(25)14(2)3)12-17(18)16-11-15(26-4)8-9-19(16)27-5/h8-9,11,14,17-18H,6-7,10,12-13H2,1-5H3,(H,22,24). The SMILES string of the molecule is CCCCNC(=O)C1CN(C(=O)C(C)C)CC1c1cc(OC)ccc1OC. The fourth-order valence-electron chi connectivity index (χ4n) is 3.58. The summed E-state index contributed by atoms with van der Waals surface area (Å²) >= 11 is 0. The van der Waals surface area contributed by atoms with E-state index in [0.29, 0.717) is 31.1 Å². The van der Waals surface area contributed by atoms with Crippen LogP contribution in [0.4, 0.5) is 0 Å². The van der Waals surface area contributed by atoms with Crippen molar-refractivity contribution in [1.82, 2.24) is 10.2 Å². The first-order valence-electron chi connectivity index (χ1n) is 9.71. The number of carbonyl (C=O) groups is 2. The summed E-state index contributed by atoms with van der Waals surface area (Å²) in [4.78, 5) is 27.2. The molecule has 1 fully saturated rings. The minimum Gasteiger partial charge on any atom is -0.497 e. The highest BCUT2D eigenvalue weighted by Crippen LogP contribution is 2.39. The zero-order valence-electron chi connectivity index (χ0n) is 17.1. The Morgan fingerprint density at radius 3 is 2.56 bits per heavy atom. The van der Waals surface area contributed by atoms with E-state index in [2.05, 4.69) is 12.2 Å². The van der Waals surface area contributed by atoms with E-state index in [1.54, 1.807) is 19.1 Å². The van der Waals surface area contributed by atoms with Crippen LogP contribution in [0.2, 0.25) is 0 Å². The second-order valence-electron chi connectivity index (χ2n) is 7.36. The van der Waals surface area contributed by atoms with Crippen LogP contribution in [-0.2, 0) is 9.59 Å². The monoisotopic (exact) mass is 376 g/mol. The van der Waals surface area contributed by atoms with Gasteiger partial charge in [0.05, 0.1) is 20.1 Å². The maximum absolute atomic E-state index is 12.9. The Morgan fingerprint density at radius 1 is 1.22 bits per heavy atom. The van der Waals surface area contributed by atoms with E-state index in [0.717, 1.165) is 18.4 Å². The van der Waals surface area contributed by atoms with Gasteiger partial charge >= 0.3 is 0 Å².